The molecule has 2 aromatic carbocycles. The summed E-state index contributed by atoms with van der Waals surface area (Å²) in [4.78, 5) is 40.7. The van der Waals surface area contributed by atoms with Crippen LogP contribution in [0.15, 0.2) is 66.9 Å². The Morgan fingerprint density at radius 1 is 1.00 bits per heavy atom. The number of aromatic nitrogens is 1. The van der Waals surface area contributed by atoms with Crippen molar-refractivity contribution in [3.05, 3.63) is 78.1 Å². The third-order valence-electron chi connectivity index (χ3n) is 5.63. The average Bonchev–Trinajstić information content (AvgIpc) is 2.93. The van der Waals surface area contributed by atoms with Crippen molar-refractivity contribution in [3.63, 3.8) is 0 Å². The number of benzene rings is 2. The van der Waals surface area contributed by atoms with Gasteiger partial charge in [0.2, 0.25) is 0 Å². The molecule has 1 aromatic heterocycles. The van der Waals surface area contributed by atoms with Crippen LogP contribution in [0.4, 0.5) is 21.0 Å². The number of esters is 1. The second kappa shape index (κ2) is 14.7. The predicted octanol–water partition coefficient (Wildman–Crippen LogP) is 5.23. The summed E-state index contributed by atoms with van der Waals surface area (Å²) in [5.41, 5.74) is 9.40. The van der Waals surface area contributed by atoms with Crippen LogP contribution in [0.25, 0.3) is 11.1 Å². The lowest BCUT2D eigenvalue weighted by Gasteiger charge is -2.21. The van der Waals surface area contributed by atoms with Gasteiger partial charge in [0.05, 0.1) is 18.8 Å². The second-order valence-electron chi connectivity index (χ2n) is 10.1. The number of ether oxygens (including phenoxy) is 4. The predicted molar refractivity (Wildman–Crippen MR) is 154 cm³/mol. The van der Waals surface area contributed by atoms with Crippen molar-refractivity contribution in [2.24, 2.45) is 0 Å². The molecular formula is C30H36N4O7. The monoisotopic (exact) mass is 564 g/mol. The molecule has 4 N–H and O–H groups in total. The number of hydrogen-bond acceptors (Lipinski definition) is 9. The SMILES string of the molecule is COC(=O)Nc1ccc(-c2ccnc([C@H](CCOCC(=O)OC(C)(C)C)NC(=O)OCc3ccccc3)c2)c(N)c1. The van der Waals surface area contributed by atoms with Gasteiger partial charge >= 0.3 is 18.2 Å². The lowest BCUT2D eigenvalue weighted by atomic mass is 10.0. The van der Waals surface area contributed by atoms with Crippen LogP contribution >= 0.6 is 0 Å². The molecule has 0 saturated heterocycles. The second-order valence-corrected chi connectivity index (χ2v) is 10.1. The van der Waals surface area contributed by atoms with Gasteiger partial charge in [-0.3, -0.25) is 10.3 Å². The van der Waals surface area contributed by atoms with Gasteiger partial charge in [0, 0.05) is 29.7 Å². The number of pyridine rings is 1. The van der Waals surface area contributed by atoms with Gasteiger partial charge in [0.15, 0.2) is 0 Å². The molecule has 0 aliphatic heterocycles. The highest BCUT2D eigenvalue weighted by Crippen LogP contribution is 2.30. The smallest absolute Gasteiger partial charge is 0.411 e. The highest BCUT2D eigenvalue weighted by atomic mass is 16.6. The lowest BCUT2D eigenvalue weighted by molar-refractivity contribution is -0.160. The Labute approximate surface area is 239 Å². The number of nitrogens with one attached hydrogen (secondary N) is 2. The molecule has 0 unspecified atom stereocenters. The molecule has 2 amide bonds. The highest BCUT2D eigenvalue weighted by molar-refractivity contribution is 5.87. The zero-order valence-corrected chi connectivity index (χ0v) is 23.6. The topological polar surface area (TPSA) is 151 Å². The molecule has 0 spiro atoms. The summed E-state index contributed by atoms with van der Waals surface area (Å²) in [6.07, 6.45) is 0.675. The third-order valence-corrected chi connectivity index (χ3v) is 5.63. The van der Waals surface area contributed by atoms with Crippen LogP contribution in [-0.2, 0) is 30.3 Å². The molecule has 11 nitrogen and oxygen atoms in total. The Morgan fingerprint density at radius 2 is 1.76 bits per heavy atom. The summed E-state index contributed by atoms with van der Waals surface area (Å²) in [5, 5.41) is 5.42. The fourth-order valence-electron chi connectivity index (χ4n) is 3.81. The van der Waals surface area contributed by atoms with Crippen LogP contribution in [0.3, 0.4) is 0 Å². The first-order valence-electron chi connectivity index (χ1n) is 13.0. The molecule has 1 atom stereocenters. The van der Waals surface area contributed by atoms with E-state index in [2.05, 4.69) is 20.4 Å². The summed E-state index contributed by atoms with van der Waals surface area (Å²) in [5.74, 6) is -0.481. The van der Waals surface area contributed by atoms with Crippen molar-refractivity contribution in [2.75, 3.05) is 31.4 Å². The van der Waals surface area contributed by atoms with Crippen molar-refractivity contribution in [2.45, 2.75) is 45.4 Å². The zero-order valence-electron chi connectivity index (χ0n) is 23.6. The number of methoxy groups -OCH3 is 1. The first kappa shape index (κ1) is 30.9. The van der Waals surface area contributed by atoms with Crippen LogP contribution in [-0.4, -0.2) is 49.1 Å². The minimum Gasteiger partial charge on any atom is -0.458 e. The van der Waals surface area contributed by atoms with Crippen molar-refractivity contribution >= 4 is 29.5 Å². The molecule has 0 saturated carbocycles. The third kappa shape index (κ3) is 10.5. The summed E-state index contributed by atoms with van der Waals surface area (Å²) in [7, 11) is 1.27. The summed E-state index contributed by atoms with van der Waals surface area (Å²) in [6, 6.07) is 17.4. The van der Waals surface area contributed by atoms with Gasteiger partial charge in [-0.05, 0) is 62.6 Å². The van der Waals surface area contributed by atoms with E-state index < -0.39 is 29.8 Å². The van der Waals surface area contributed by atoms with Gasteiger partial charge in [0.1, 0.15) is 18.8 Å². The molecule has 1 heterocycles. The van der Waals surface area contributed by atoms with E-state index in [1.54, 1.807) is 57.3 Å². The quantitative estimate of drug-likeness (QED) is 0.123. The average molecular weight is 565 g/mol. The summed E-state index contributed by atoms with van der Waals surface area (Å²) >= 11 is 0. The lowest BCUT2D eigenvalue weighted by Crippen LogP contribution is -2.31. The molecule has 218 valence electrons. The first-order chi connectivity index (χ1) is 19.5. The van der Waals surface area contributed by atoms with Gasteiger partial charge < -0.3 is 30.0 Å². The standard InChI is InChI=1S/C30H36N4O7/c1-30(2,3)41-27(35)19-39-15-13-25(34-29(37)40-18-20-8-6-5-7-9-20)26-16-21(12-14-32-26)23-11-10-22(17-24(23)31)33-28(36)38-4/h5-12,14,16-17,25H,13,15,18-19,31H2,1-4H3,(H,33,36)(H,34,37)/t25-/m0/s1. The van der Waals surface area contributed by atoms with E-state index in [1.807, 2.05) is 30.3 Å². The van der Waals surface area contributed by atoms with Gasteiger partial charge in [-0.25, -0.2) is 14.4 Å². The van der Waals surface area contributed by atoms with Crippen molar-refractivity contribution in [1.29, 1.82) is 0 Å². The Kier molecular flexibility index (Phi) is 11.0. The minimum atomic E-state index is -0.629. The number of amides is 2. The maximum atomic E-state index is 12.7. The van der Waals surface area contributed by atoms with E-state index in [0.29, 0.717) is 29.1 Å². The molecule has 3 rings (SSSR count). The number of alkyl carbamates (subject to hydrolysis) is 1. The Morgan fingerprint density at radius 3 is 2.44 bits per heavy atom. The largest absolute Gasteiger partial charge is 0.458 e. The normalized spacial score (nSPS) is 11.7. The number of rotatable bonds is 11. The molecule has 0 fully saturated rings. The van der Waals surface area contributed by atoms with Crippen molar-refractivity contribution < 1.29 is 33.3 Å². The number of nitrogen functional groups attached to an aromatic ring is 1. The van der Waals surface area contributed by atoms with Gasteiger partial charge in [-0.15, -0.1) is 0 Å². The summed E-state index contributed by atoms with van der Waals surface area (Å²) < 4.78 is 20.8. The fourth-order valence-corrected chi connectivity index (χ4v) is 3.81. The summed E-state index contributed by atoms with van der Waals surface area (Å²) in [6.45, 7) is 5.36. The van der Waals surface area contributed by atoms with Gasteiger partial charge in [-0.1, -0.05) is 36.4 Å². The maximum absolute atomic E-state index is 12.7. The van der Waals surface area contributed by atoms with Crippen LogP contribution < -0.4 is 16.4 Å². The van der Waals surface area contributed by atoms with Crippen LogP contribution in [0, 0.1) is 0 Å². The number of carbonyl (C=O) groups excluding carboxylic acids is 3. The molecule has 0 radical (unpaired) electrons. The number of carbonyl (C=O) groups is 3. The molecule has 0 aliphatic rings. The van der Waals surface area contributed by atoms with E-state index >= 15 is 0 Å². The van der Waals surface area contributed by atoms with Gasteiger partial charge in [-0.2, -0.15) is 0 Å². The number of anilines is 2. The molecule has 41 heavy (non-hydrogen) atoms. The van der Waals surface area contributed by atoms with Crippen LogP contribution in [0.2, 0.25) is 0 Å². The van der Waals surface area contributed by atoms with Crippen molar-refractivity contribution in [1.82, 2.24) is 10.3 Å². The molecule has 3 aromatic rings. The minimum absolute atomic E-state index is 0.102. The van der Waals surface area contributed by atoms with E-state index in [4.69, 9.17) is 19.9 Å². The van der Waals surface area contributed by atoms with E-state index in [-0.39, 0.29) is 19.8 Å². The number of hydrogen-bond donors (Lipinski definition) is 3. The number of nitrogens with zero attached hydrogens (tertiary/aromatic N) is 1. The van der Waals surface area contributed by atoms with E-state index in [0.717, 1.165) is 11.1 Å². The van der Waals surface area contributed by atoms with Crippen molar-refractivity contribution in [3.8, 4) is 11.1 Å². The van der Waals surface area contributed by atoms with E-state index in [1.165, 1.54) is 7.11 Å². The Hall–Kier alpha value is -4.64. The first-order valence-corrected chi connectivity index (χ1v) is 13.0. The maximum Gasteiger partial charge on any atom is 0.411 e. The van der Waals surface area contributed by atoms with E-state index in [9.17, 15) is 14.4 Å². The zero-order chi connectivity index (χ0) is 29.8. The fraction of sp³-hybridized carbons (Fsp3) is 0.333. The molecule has 0 bridgehead atoms. The Balaban J connectivity index is 1.74. The Bertz CT molecular complexity index is 1330. The molecule has 0 aliphatic carbocycles. The van der Waals surface area contributed by atoms with Gasteiger partial charge in [0.25, 0.3) is 0 Å². The van der Waals surface area contributed by atoms with Crippen LogP contribution in [0.5, 0.6) is 0 Å². The molecular weight excluding hydrogens is 528 g/mol. The highest BCUT2D eigenvalue weighted by Gasteiger charge is 2.20. The molecule has 11 heteroatoms. The van der Waals surface area contributed by atoms with Crippen LogP contribution in [0.1, 0.15) is 44.5 Å². The number of nitrogens with two attached hydrogens (primary N) is 1.